The highest BCUT2D eigenvalue weighted by molar-refractivity contribution is 7.90. The molecule has 0 aromatic heterocycles. The molecule has 3 rings (SSSR count). The minimum atomic E-state index is -3.10. The van der Waals surface area contributed by atoms with Crippen molar-refractivity contribution in [1.82, 2.24) is 4.90 Å². The molecule has 0 radical (unpaired) electrons. The highest BCUT2D eigenvalue weighted by Gasteiger charge is 2.31. The minimum absolute atomic E-state index is 0.383. The second-order valence-electron chi connectivity index (χ2n) is 5.99. The van der Waals surface area contributed by atoms with Crippen molar-refractivity contribution in [2.24, 2.45) is 0 Å². The summed E-state index contributed by atoms with van der Waals surface area (Å²) < 4.78 is 22.9. The third-order valence-electron chi connectivity index (χ3n) is 4.47. The molecule has 20 heavy (non-hydrogen) atoms. The molecule has 1 aromatic rings. The highest BCUT2D eigenvalue weighted by atomic mass is 32.2. The molecule has 110 valence electrons. The highest BCUT2D eigenvalue weighted by Crippen LogP contribution is 2.28. The van der Waals surface area contributed by atoms with Gasteiger partial charge in [0.15, 0.2) is 9.84 Å². The van der Waals surface area contributed by atoms with Gasteiger partial charge in [-0.25, -0.2) is 8.42 Å². The molecule has 2 saturated heterocycles. The Morgan fingerprint density at radius 3 is 2.60 bits per heavy atom. The molecule has 1 N–H and O–H groups in total. The van der Waals surface area contributed by atoms with Gasteiger partial charge in [-0.2, -0.15) is 0 Å². The molecule has 0 spiro atoms. The van der Waals surface area contributed by atoms with E-state index < -0.39 is 9.84 Å². The second-order valence-corrected chi connectivity index (χ2v) is 8.01. The number of rotatable bonds is 3. The number of piperidine rings is 1. The fourth-order valence-electron chi connectivity index (χ4n) is 3.39. The number of sulfone groups is 1. The van der Waals surface area contributed by atoms with Crippen molar-refractivity contribution in [3.63, 3.8) is 0 Å². The lowest BCUT2D eigenvalue weighted by molar-refractivity contribution is 0.188. The third kappa shape index (κ3) is 2.99. The molecule has 2 unspecified atom stereocenters. The van der Waals surface area contributed by atoms with Gasteiger partial charge in [-0.3, -0.25) is 0 Å². The van der Waals surface area contributed by atoms with Gasteiger partial charge >= 0.3 is 0 Å². The minimum Gasteiger partial charge on any atom is -0.382 e. The van der Waals surface area contributed by atoms with E-state index in [0.717, 1.165) is 11.7 Å². The Labute approximate surface area is 121 Å². The van der Waals surface area contributed by atoms with Gasteiger partial charge in [-0.1, -0.05) is 0 Å². The Bertz CT molecular complexity index is 568. The first-order valence-corrected chi connectivity index (χ1v) is 9.22. The average molecular weight is 294 g/mol. The van der Waals surface area contributed by atoms with Crippen LogP contribution in [-0.4, -0.2) is 44.7 Å². The van der Waals surface area contributed by atoms with Gasteiger partial charge in [0.05, 0.1) is 4.90 Å². The zero-order chi connectivity index (χ0) is 14.2. The molecule has 0 amide bonds. The number of fused-ring (bicyclic) bond motifs is 1. The molecule has 5 heteroatoms. The molecule has 2 atom stereocenters. The van der Waals surface area contributed by atoms with Crippen LogP contribution in [0.2, 0.25) is 0 Å². The van der Waals surface area contributed by atoms with Crippen molar-refractivity contribution in [3.05, 3.63) is 24.3 Å². The molecular formula is C15H22N2O2S. The number of hydrogen-bond acceptors (Lipinski definition) is 4. The first-order valence-electron chi connectivity index (χ1n) is 7.33. The number of nitrogens with zero attached hydrogens (tertiary/aromatic N) is 1. The third-order valence-corrected chi connectivity index (χ3v) is 5.60. The van der Waals surface area contributed by atoms with Crippen LogP contribution < -0.4 is 5.32 Å². The lowest BCUT2D eigenvalue weighted by Gasteiger charge is -2.35. The summed E-state index contributed by atoms with van der Waals surface area (Å²) in [6.45, 7) is 2.45. The monoisotopic (exact) mass is 294 g/mol. The molecule has 0 saturated carbocycles. The van der Waals surface area contributed by atoms with Gasteiger partial charge in [0, 0.05) is 30.6 Å². The fourth-order valence-corrected chi connectivity index (χ4v) is 4.02. The smallest absolute Gasteiger partial charge is 0.175 e. The largest absolute Gasteiger partial charge is 0.382 e. The zero-order valence-electron chi connectivity index (χ0n) is 11.9. The first kappa shape index (κ1) is 13.9. The average Bonchev–Trinajstić information content (AvgIpc) is 2.86. The van der Waals surface area contributed by atoms with Crippen molar-refractivity contribution in [3.8, 4) is 0 Å². The van der Waals surface area contributed by atoms with Crippen LogP contribution in [0.4, 0.5) is 5.69 Å². The molecule has 4 nitrogen and oxygen atoms in total. The van der Waals surface area contributed by atoms with Gasteiger partial charge in [0.2, 0.25) is 0 Å². The van der Waals surface area contributed by atoms with Crippen LogP contribution in [0.25, 0.3) is 0 Å². The Morgan fingerprint density at radius 1 is 1.15 bits per heavy atom. The maximum absolute atomic E-state index is 11.4. The number of hydrogen-bond donors (Lipinski definition) is 1. The van der Waals surface area contributed by atoms with E-state index in [0.29, 0.717) is 10.9 Å². The van der Waals surface area contributed by atoms with Crippen LogP contribution >= 0.6 is 0 Å². The molecular weight excluding hydrogens is 272 g/mol. The summed E-state index contributed by atoms with van der Waals surface area (Å²) in [5, 5.41) is 3.55. The molecule has 2 aliphatic heterocycles. The molecule has 2 heterocycles. The number of nitrogens with one attached hydrogen (secondary N) is 1. The van der Waals surface area contributed by atoms with Crippen molar-refractivity contribution in [2.75, 3.05) is 24.7 Å². The second kappa shape index (κ2) is 5.37. The predicted molar refractivity (Wildman–Crippen MR) is 80.8 cm³/mol. The van der Waals surface area contributed by atoms with Crippen LogP contribution in [0, 0.1) is 0 Å². The summed E-state index contributed by atoms with van der Waals surface area (Å²) in [6, 6.07) is 8.37. The summed E-state index contributed by atoms with van der Waals surface area (Å²) in [5.41, 5.74) is 1.02. The lowest BCUT2D eigenvalue weighted by atomic mass is 9.97. The summed E-state index contributed by atoms with van der Waals surface area (Å²) in [7, 11) is -3.10. The van der Waals surface area contributed by atoms with Crippen LogP contribution in [0.1, 0.15) is 25.7 Å². The normalized spacial score (nSPS) is 27.2. The first-order chi connectivity index (χ1) is 9.52. The standard InChI is InChI=1S/C15H22N2O2S/c1-20(18,19)15-6-4-12(5-7-15)16-13-8-10-17-9-2-3-14(17)11-13/h4-7,13-14,16H,2-3,8-11H2,1H3. The maximum Gasteiger partial charge on any atom is 0.175 e. The topological polar surface area (TPSA) is 49.4 Å². The van der Waals surface area contributed by atoms with Crippen molar-refractivity contribution in [1.29, 1.82) is 0 Å². The van der Waals surface area contributed by atoms with E-state index in [1.54, 1.807) is 12.1 Å². The maximum atomic E-state index is 11.4. The molecule has 0 aliphatic carbocycles. The number of benzene rings is 1. The molecule has 2 aliphatic rings. The Hall–Kier alpha value is -1.07. The van der Waals surface area contributed by atoms with Gasteiger partial charge in [0.1, 0.15) is 0 Å². The molecule has 2 fully saturated rings. The fraction of sp³-hybridized carbons (Fsp3) is 0.600. The van der Waals surface area contributed by atoms with Crippen molar-refractivity contribution in [2.45, 2.75) is 42.7 Å². The van der Waals surface area contributed by atoms with E-state index in [-0.39, 0.29) is 0 Å². The van der Waals surface area contributed by atoms with Crippen LogP contribution in [0.5, 0.6) is 0 Å². The van der Waals surface area contributed by atoms with Crippen molar-refractivity contribution < 1.29 is 8.42 Å². The summed E-state index contributed by atoms with van der Waals surface area (Å²) in [4.78, 5) is 2.99. The van der Waals surface area contributed by atoms with E-state index in [1.807, 2.05) is 12.1 Å². The Kier molecular flexibility index (Phi) is 3.73. The number of anilines is 1. The van der Waals surface area contributed by atoms with E-state index in [2.05, 4.69) is 10.2 Å². The molecule has 1 aromatic carbocycles. The van der Waals surface area contributed by atoms with E-state index in [1.165, 1.54) is 45.0 Å². The van der Waals surface area contributed by atoms with Gasteiger partial charge < -0.3 is 10.2 Å². The van der Waals surface area contributed by atoms with E-state index in [9.17, 15) is 8.42 Å². The van der Waals surface area contributed by atoms with Gasteiger partial charge in [-0.15, -0.1) is 0 Å². The Balaban J connectivity index is 1.63. The summed E-state index contributed by atoms with van der Waals surface area (Å²) >= 11 is 0. The van der Waals surface area contributed by atoms with Crippen LogP contribution in [0.3, 0.4) is 0 Å². The SMILES string of the molecule is CS(=O)(=O)c1ccc(NC2CCN3CCCC3C2)cc1. The quantitative estimate of drug-likeness (QED) is 0.928. The van der Waals surface area contributed by atoms with E-state index in [4.69, 9.17) is 0 Å². The Morgan fingerprint density at radius 2 is 1.90 bits per heavy atom. The summed E-state index contributed by atoms with van der Waals surface area (Å²) in [5.74, 6) is 0. The van der Waals surface area contributed by atoms with Crippen LogP contribution in [-0.2, 0) is 9.84 Å². The predicted octanol–water partition coefficient (Wildman–Crippen LogP) is 2.13. The molecule has 0 bridgehead atoms. The van der Waals surface area contributed by atoms with Gasteiger partial charge in [0.25, 0.3) is 0 Å². The zero-order valence-corrected chi connectivity index (χ0v) is 12.7. The summed E-state index contributed by atoms with van der Waals surface area (Å²) in [6.07, 6.45) is 6.27. The van der Waals surface area contributed by atoms with Crippen molar-refractivity contribution >= 4 is 15.5 Å². The van der Waals surface area contributed by atoms with Gasteiger partial charge in [-0.05, 0) is 56.5 Å². The van der Waals surface area contributed by atoms with Crippen LogP contribution in [0.15, 0.2) is 29.2 Å². The van der Waals surface area contributed by atoms with E-state index >= 15 is 0 Å². The lowest BCUT2D eigenvalue weighted by Crippen LogP contribution is -2.42.